The van der Waals surface area contributed by atoms with Gasteiger partial charge in [-0.2, -0.15) is 0 Å². The van der Waals surface area contributed by atoms with Crippen LogP contribution in [-0.4, -0.2) is 24.9 Å². The van der Waals surface area contributed by atoms with Crippen molar-refractivity contribution in [1.82, 2.24) is 5.32 Å². The summed E-state index contributed by atoms with van der Waals surface area (Å²) in [6, 6.07) is 8.41. The van der Waals surface area contributed by atoms with E-state index in [1.807, 2.05) is 0 Å². The van der Waals surface area contributed by atoms with Crippen LogP contribution in [0.5, 0.6) is 0 Å². The van der Waals surface area contributed by atoms with E-state index >= 15 is 0 Å². The Bertz CT molecular complexity index is 753. The Morgan fingerprint density at radius 2 is 1.66 bits per heavy atom. The molecule has 1 atom stereocenters. The number of hydrogen-bond acceptors (Lipinski definition) is 3. The van der Waals surface area contributed by atoms with E-state index in [0.29, 0.717) is 19.0 Å². The number of nitrogens with zero attached hydrogens (tertiary/aromatic N) is 1. The fourth-order valence-corrected chi connectivity index (χ4v) is 7.03. The summed E-state index contributed by atoms with van der Waals surface area (Å²) in [6.45, 7) is 2.27. The van der Waals surface area contributed by atoms with Crippen molar-refractivity contribution in [3.05, 3.63) is 29.8 Å². The molecule has 1 aromatic carbocycles. The van der Waals surface area contributed by atoms with Gasteiger partial charge in [0.05, 0.1) is 5.92 Å². The van der Waals surface area contributed by atoms with Gasteiger partial charge >= 0.3 is 0 Å². The third kappa shape index (κ3) is 3.64. The van der Waals surface area contributed by atoms with E-state index in [1.165, 1.54) is 19.3 Å². The molecule has 5 fully saturated rings. The summed E-state index contributed by atoms with van der Waals surface area (Å²) in [5.74, 6) is 2.42. The number of hydrogen-bond donors (Lipinski definition) is 2. The minimum absolute atomic E-state index is 0.0528. The third-order valence-electron chi connectivity index (χ3n) is 8.10. The fourth-order valence-electron chi connectivity index (χ4n) is 7.03. The maximum Gasteiger partial charge on any atom is 0.226 e. The van der Waals surface area contributed by atoms with E-state index in [2.05, 4.69) is 34.5 Å². The topological polar surface area (TPSA) is 75.4 Å². The van der Waals surface area contributed by atoms with Gasteiger partial charge in [-0.05, 0) is 86.8 Å². The second kappa shape index (κ2) is 7.33. The zero-order chi connectivity index (χ0) is 20.0. The molecular formula is C24H33N3O2. The van der Waals surface area contributed by atoms with Crippen LogP contribution in [-0.2, 0) is 16.1 Å². The average molecular weight is 396 g/mol. The van der Waals surface area contributed by atoms with Gasteiger partial charge in [-0.3, -0.25) is 9.59 Å². The van der Waals surface area contributed by atoms with E-state index in [9.17, 15) is 9.59 Å². The second-order valence-corrected chi connectivity index (χ2v) is 10.2. The molecule has 1 unspecified atom stereocenters. The number of amides is 2. The molecule has 4 saturated carbocycles. The third-order valence-corrected chi connectivity index (χ3v) is 8.10. The number of carbonyl (C=O) groups is 2. The van der Waals surface area contributed by atoms with Gasteiger partial charge in [-0.1, -0.05) is 12.1 Å². The lowest BCUT2D eigenvalue weighted by molar-refractivity contribution is -0.146. The molecule has 3 N–H and O–H groups in total. The first-order chi connectivity index (χ1) is 14.0. The number of nitrogens with one attached hydrogen (secondary N) is 1. The molecule has 1 aromatic rings. The number of rotatable bonds is 5. The normalized spacial score (nSPS) is 35.5. The highest BCUT2D eigenvalue weighted by molar-refractivity contribution is 5.83. The number of piperidine rings is 1. The van der Waals surface area contributed by atoms with Crippen molar-refractivity contribution >= 4 is 17.5 Å². The van der Waals surface area contributed by atoms with Gasteiger partial charge in [-0.25, -0.2) is 0 Å². The van der Waals surface area contributed by atoms with Crippen molar-refractivity contribution in [2.75, 3.05) is 18.0 Å². The quantitative estimate of drug-likeness (QED) is 0.804. The largest absolute Gasteiger partial charge is 0.371 e. The van der Waals surface area contributed by atoms with Crippen LogP contribution in [0.4, 0.5) is 5.69 Å². The fraction of sp³-hybridized carbons (Fsp3) is 0.667. The molecular weight excluding hydrogens is 362 g/mol. The zero-order valence-electron chi connectivity index (χ0n) is 17.2. The van der Waals surface area contributed by atoms with Crippen molar-refractivity contribution in [2.24, 2.45) is 34.8 Å². The highest BCUT2D eigenvalue weighted by Gasteiger charge is 2.54. The number of nitrogens with two attached hydrogens (primary N) is 1. The molecule has 5 aliphatic rings. The van der Waals surface area contributed by atoms with Crippen LogP contribution in [0.25, 0.3) is 0 Å². The molecule has 1 aliphatic heterocycles. The number of carbonyl (C=O) groups excluding carboxylic acids is 2. The minimum Gasteiger partial charge on any atom is -0.371 e. The lowest BCUT2D eigenvalue weighted by Gasteiger charge is -2.55. The highest BCUT2D eigenvalue weighted by atomic mass is 16.2. The lowest BCUT2D eigenvalue weighted by atomic mass is 9.49. The summed E-state index contributed by atoms with van der Waals surface area (Å²) in [7, 11) is 0. The Labute approximate surface area is 173 Å². The van der Waals surface area contributed by atoms with E-state index in [1.54, 1.807) is 0 Å². The van der Waals surface area contributed by atoms with E-state index in [0.717, 1.165) is 67.7 Å². The van der Waals surface area contributed by atoms with Crippen LogP contribution in [0.2, 0.25) is 0 Å². The van der Waals surface area contributed by atoms with Gasteiger partial charge in [0.2, 0.25) is 11.8 Å². The van der Waals surface area contributed by atoms with Crippen LogP contribution in [0, 0.1) is 29.1 Å². The van der Waals surface area contributed by atoms with Crippen LogP contribution in [0.15, 0.2) is 24.3 Å². The van der Waals surface area contributed by atoms with Crippen molar-refractivity contribution in [1.29, 1.82) is 0 Å². The summed E-state index contributed by atoms with van der Waals surface area (Å²) in [5, 5.41) is 3.26. The van der Waals surface area contributed by atoms with E-state index < -0.39 is 0 Å². The molecule has 6 rings (SSSR count). The Hall–Kier alpha value is -2.04. The SMILES string of the molecule is NC(=O)C1CCCN(c2ccc(CNC(=O)C34CC5CC(CC(C5)C3)C4)cc2)C1. The van der Waals surface area contributed by atoms with Crippen molar-refractivity contribution in [3.63, 3.8) is 0 Å². The molecule has 0 aromatic heterocycles. The van der Waals surface area contributed by atoms with Gasteiger partial charge < -0.3 is 16.0 Å². The average Bonchev–Trinajstić information content (AvgIpc) is 2.71. The van der Waals surface area contributed by atoms with E-state index in [4.69, 9.17) is 5.73 Å². The Morgan fingerprint density at radius 1 is 1.03 bits per heavy atom. The van der Waals surface area contributed by atoms with Gasteiger partial charge in [0.15, 0.2) is 0 Å². The lowest BCUT2D eigenvalue weighted by Crippen LogP contribution is -2.53. The van der Waals surface area contributed by atoms with Crippen LogP contribution in [0.1, 0.15) is 56.9 Å². The predicted octanol–water partition coefficient (Wildman–Crippen LogP) is 3.22. The summed E-state index contributed by atoms with van der Waals surface area (Å²) >= 11 is 0. The minimum atomic E-state index is -0.196. The number of anilines is 1. The van der Waals surface area contributed by atoms with Gasteiger partial charge in [-0.15, -0.1) is 0 Å². The first-order valence-electron chi connectivity index (χ1n) is 11.4. The predicted molar refractivity (Wildman–Crippen MR) is 113 cm³/mol. The van der Waals surface area contributed by atoms with Gasteiger partial charge in [0.25, 0.3) is 0 Å². The Morgan fingerprint density at radius 3 is 2.24 bits per heavy atom. The van der Waals surface area contributed by atoms with Crippen LogP contribution in [0.3, 0.4) is 0 Å². The first kappa shape index (κ1) is 19.0. The summed E-state index contributed by atoms with van der Waals surface area (Å²) in [6.07, 6.45) is 9.30. The second-order valence-electron chi connectivity index (χ2n) is 10.2. The van der Waals surface area contributed by atoms with E-state index in [-0.39, 0.29) is 17.2 Å². The van der Waals surface area contributed by atoms with Crippen LogP contribution >= 0.6 is 0 Å². The maximum atomic E-state index is 13.1. The molecule has 1 saturated heterocycles. The molecule has 4 bridgehead atoms. The van der Waals surface area contributed by atoms with Crippen molar-refractivity contribution < 1.29 is 9.59 Å². The Kier molecular flexibility index (Phi) is 4.79. The van der Waals surface area contributed by atoms with Crippen molar-refractivity contribution in [3.8, 4) is 0 Å². The summed E-state index contributed by atoms with van der Waals surface area (Å²) < 4.78 is 0. The number of primary amides is 1. The molecule has 5 heteroatoms. The smallest absolute Gasteiger partial charge is 0.226 e. The van der Waals surface area contributed by atoms with Gasteiger partial charge in [0.1, 0.15) is 0 Å². The maximum absolute atomic E-state index is 13.1. The van der Waals surface area contributed by atoms with Crippen molar-refractivity contribution in [2.45, 2.75) is 57.9 Å². The molecule has 0 radical (unpaired) electrons. The molecule has 156 valence electrons. The standard InChI is InChI=1S/C24H33N3O2/c25-22(28)20-2-1-7-27(15-20)21-5-3-16(4-6-21)14-26-23(29)24-11-17-8-18(12-24)10-19(9-17)13-24/h3-6,17-20H,1-2,7-15H2,(H2,25,28)(H,26,29). The van der Waals surface area contributed by atoms with Gasteiger partial charge in [0, 0.05) is 30.7 Å². The molecule has 5 nitrogen and oxygen atoms in total. The molecule has 0 spiro atoms. The van der Waals surface area contributed by atoms with Crippen LogP contribution < -0.4 is 16.0 Å². The monoisotopic (exact) mass is 395 g/mol. The first-order valence-corrected chi connectivity index (χ1v) is 11.4. The zero-order valence-corrected chi connectivity index (χ0v) is 17.2. The summed E-state index contributed by atoms with van der Waals surface area (Å²) in [5.41, 5.74) is 7.69. The summed E-state index contributed by atoms with van der Waals surface area (Å²) in [4.78, 5) is 26.9. The molecule has 4 aliphatic carbocycles. The highest BCUT2D eigenvalue weighted by Crippen LogP contribution is 2.60. The molecule has 29 heavy (non-hydrogen) atoms. The Balaban J connectivity index is 1.19. The molecule has 2 amide bonds. The molecule has 1 heterocycles. The number of benzene rings is 1.